The van der Waals surface area contributed by atoms with E-state index < -0.39 is 0 Å². The van der Waals surface area contributed by atoms with Gasteiger partial charge in [0.1, 0.15) is 5.82 Å². The van der Waals surface area contributed by atoms with E-state index in [-0.39, 0.29) is 5.91 Å². The molecule has 0 bridgehead atoms. The van der Waals surface area contributed by atoms with Gasteiger partial charge in [0, 0.05) is 25.1 Å². The van der Waals surface area contributed by atoms with E-state index in [0.717, 1.165) is 23.3 Å². The first-order valence-electron chi connectivity index (χ1n) is 5.98. The Balaban J connectivity index is 2.83. The first kappa shape index (κ1) is 14.8. The Morgan fingerprint density at radius 2 is 2.28 bits per heavy atom. The second-order valence-electron chi connectivity index (χ2n) is 4.47. The van der Waals surface area contributed by atoms with Crippen LogP contribution in [0.2, 0.25) is 0 Å². The largest absolute Gasteiger partial charge is 0.370 e. The lowest BCUT2D eigenvalue weighted by atomic mass is 10.2. The van der Waals surface area contributed by atoms with Crippen LogP contribution >= 0.6 is 11.8 Å². The molecule has 1 aromatic heterocycles. The molecule has 1 amide bonds. The quantitative estimate of drug-likeness (QED) is 0.574. The van der Waals surface area contributed by atoms with Gasteiger partial charge in [-0.05, 0) is 5.92 Å². The van der Waals surface area contributed by atoms with Crippen LogP contribution in [0.25, 0.3) is 0 Å². The van der Waals surface area contributed by atoms with Gasteiger partial charge in [-0.25, -0.2) is 0 Å². The number of nitrogens with zero attached hydrogens (tertiary/aromatic N) is 3. The van der Waals surface area contributed by atoms with E-state index in [9.17, 15) is 4.79 Å². The minimum absolute atomic E-state index is 0.308. The lowest BCUT2D eigenvalue weighted by molar-refractivity contribution is -0.118. The molecule has 100 valence electrons. The molecule has 5 nitrogen and oxygen atoms in total. The highest BCUT2D eigenvalue weighted by molar-refractivity contribution is 7.99. The molecular formula is C12H20N4OS. The zero-order chi connectivity index (χ0) is 13.5. The van der Waals surface area contributed by atoms with Gasteiger partial charge in [-0.1, -0.05) is 31.7 Å². The van der Waals surface area contributed by atoms with Gasteiger partial charge in [-0.15, -0.1) is 16.8 Å². The summed E-state index contributed by atoms with van der Waals surface area (Å²) in [4.78, 5) is 10.8. The number of amides is 1. The molecule has 1 aromatic rings. The van der Waals surface area contributed by atoms with Crippen LogP contribution in [0.1, 0.15) is 26.1 Å². The summed E-state index contributed by atoms with van der Waals surface area (Å²) >= 11 is 1.60. The van der Waals surface area contributed by atoms with Crippen molar-refractivity contribution in [2.24, 2.45) is 11.7 Å². The number of aromatic nitrogens is 3. The molecule has 1 heterocycles. The van der Waals surface area contributed by atoms with Crippen molar-refractivity contribution >= 4 is 17.7 Å². The van der Waals surface area contributed by atoms with Gasteiger partial charge in [0.15, 0.2) is 5.16 Å². The zero-order valence-corrected chi connectivity index (χ0v) is 11.7. The van der Waals surface area contributed by atoms with Gasteiger partial charge >= 0.3 is 0 Å². The standard InChI is InChI=1S/C12H20N4OS/c1-4-7-18-12-15-14-11(6-5-10(13)17)16(12)8-9(2)3/h4,9H,1,5-8H2,2-3H3,(H2,13,17). The smallest absolute Gasteiger partial charge is 0.217 e. The van der Waals surface area contributed by atoms with Gasteiger partial charge in [0.05, 0.1) is 0 Å². The molecule has 0 unspecified atom stereocenters. The third-order valence-corrected chi connectivity index (χ3v) is 3.23. The number of primary amides is 1. The molecule has 6 heteroatoms. The summed E-state index contributed by atoms with van der Waals surface area (Å²) in [6.07, 6.45) is 2.69. The van der Waals surface area contributed by atoms with Crippen LogP contribution in [0.15, 0.2) is 17.8 Å². The van der Waals surface area contributed by atoms with Crippen LogP contribution in [-0.4, -0.2) is 26.4 Å². The Hall–Kier alpha value is -1.30. The van der Waals surface area contributed by atoms with Crippen LogP contribution in [0, 0.1) is 5.92 Å². The lowest BCUT2D eigenvalue weighted by Gasteiger charge is -2.11. The number of nitrogens with two attached hydrogens (primary N) is 1. The van der Waals surface area contributed by atoms with Gasteiger partial charge in [0.25, 0.3) is 0 Å². The van der Waals surface area contributed by atoms with Crippen LogP contribution in [0.4, 0.5) is 0 Å². The number of hydrogen-bond acceptors (Lipinski definition) is 4. The highest BCUT2D eigenvalue weighted by Gasteiger charge is 2.13. The van der Waals surface area contributed by atoms with Crippen molar-refractivity contribution in [1.29, 1.82) is 0 Å². The highest BCUT2D eigenvalue weighted by atomic mass is 32.2. The summed E-state index contributed by atoms with van der Waals surface area (Å²) < 4.78 is 2.07. The molecule has 0 aliphatic carbocycles. The van der Waals surface area contributed by atoms with Crippen LogP contribution in [0.3, 0.4) is 0 Å². The SMILES string of the molecule is C=CCSc1nnc(CCC(N)=O)n1CC(C)C. The molecule has 0 radical (unpaired) electrons. The van der Waals surface area contributed by atoms with Gasteiger partial charge in [-0.2, -0.15) is 0 Å². The Kier molecular flexibility index (Phi) is 5.91. The number of carbonyl (C=O) groups excluding carboxylic acids is 1. The maximum atomic E-state index is 10.8. The highest BCUT2D eigenvalue weighted by Crippen LogP contribution is 2.19. The molecule has 0 aliphatic heterocycles. The minimum atomic E-state index is -0.311. The second-order valence-corrected chi connectivity index (χ2v) is 5.46. The third-order valence-electron chi connectivity index (χ3n) is 2.27. The monoisotopic (exact) mass is 268 g/mol. The van der Waals surface area contributed by atoms with Crippen LogP contribution in [0.5, 0.6) is 0 Å². The number of carbonyl (C=O) groups is 1. The van der Waals surface area contributed by atoms with E-state index in [1.807, 2.05) is 6.08 Å². The van der Waals surface area contributed by atoms with Crippen molar-refractivity contribution in [2.45, 2.75) is 38.4 Å². The van der Waals surface area contributed by atoms with E-state index in [1.165, 1.54) is 0 Å². The molecule has 0 saturated heterocycles. The Labute approximate surface area is 112 Å². The number of hydrogen-bond donors (Lipinski definition) is 1. The van der Waals surface area contributed by atoms with Crippen LogP contribution < -0.4 is 5.73 Å². The normalized spacial score (nSPS) is 10.8. The first-order valence-corrected chi connectivity index (χ1v) is 6.97. The predicted octanol–water partition coefficient (Wildman–Crippen LogP) is 1.63. The van der Waals surface area contributed by atoms with Crippen LogP contribution in [-0.2, 0) is 17.8 Å². The summed E-state index contributed by atoms with van der Waals surface area (Å²) in [5.74, 6) is 1.81. The van der Waals surface area contributed by atoms with Crippen molar-refractivity contribution in [2.75, 3.05) is 5.75 Å². The second kappa shape index (κ2) is 7.20. The maximum absolute atomic E-state index is 10.8. The van der Waals surface area contributed by atoms with E-state index in [4.69, 9.17) is 5.73 Å². The number of thioether (sulfide) groups is 1. The summed E-state index contributed by atoms with van der Waals surface area (Å²) in [6.45, 7) is 8.82. The van der Waals surface area contributed by atoms with Crippen molar-refractivity contribution in [3.63, 3.8) is 0 Å². The lowest BCUT2D eigenvalue weighted by Crippen LogP contribution is -2.15. The number of rotatable bonds is 8. The van der Waals surface area contributed by atoms with Crippen molar-refractivity contribution < 1.29 is 4.79 Å². The van der Waals surface area contributed by atoms with E-state index in [0.29, 0.717) is 18.8 Å². The summed E-state index contributed by atoms with van der Waals surface area (Å²) in [7, 11) is 0. The zero-order valence-electron chi connectivity index (χ0n) is 10.9. The molecule has 0 saturated carbocycles. The maximum Gasteiger partial charge on any atom is 0.217 e. The summed E-state index contributed by atoms with van der Waals surface area (Å²) in [6, 6.07) is 0. The van der Waals surface area contributed by atoms with Gasteiger partial charge < -0.3 is 10.3 Å². The molecule has 0 fully saturated rings. The average molecular weight is 268 g/mol. The summed E-state index contributed by atoms with van der Waals surface area (Å²) in [5.41, 5.74) is 5.16. The molecule has 0 spiro atoms. The molecule has 1 rings (SSSR count). The van der Waals surface area contributed by atoms with E-state index in [1.54, 1.807) is 11.8 Å². The molecule has 0 aliphatic rings. The topological polar surface area (TPSA) is 73.8 Å². The fraction of sp³-hybridized carbons (Fsp3) is 0.583. The predicted molar refractivity (Wildman–Crippen MR) is 73.3 cm³/mol. The number of aryl methyl sites for hydroxylation is 1. The Morgan fingerprint density at radius 3 is 2.83 bits per heavy atom. The Bertz CT molecular complexity index is 414. The fourth-order valence-electron chi connectivity index (χ4n) is 1.53. The van der Waals surface area contributed by atoms with Crippen molar-refractivity contribution in [3.05, 3.63) is 18.5 Å². The summed E-state index contributed by atoms with van der Waals surface area (Å²) in [5, 5.41) is 9.18. The van der Waals surface area contributed by atoms with E-state index in [2.05, 4.69) is 35.2 Å². The van der Waals surface area contributed by atoms with E-state index >= 15 is 0 Å². The average Bonchev–Trinajstić information content (AvgIpc) is 2.65. The molecule has 18 heavy (non-hydrogen) atoms. The first-order chi connectivity index (χ1) is 8.54. The fourth-order valence-corrected chi connectivity index (χ4v) is 2.23. The molecule has 0 aromatic carbocycles. The molecule has 2 N–H and O–H groups in total. The van der Waals surface area contributed by atoms with Gasteiger partial charge in [-0.3, -0.25) is 4.79 Å². The molecule has 0 atom stereocenters. The van der Waals surface area contributed by atoms with Crippen molar-refractivity contribution in [3.8, 4) is 0 Å². The Morgan fingerprint density at radius 1 is 1.56 bits per heavy atom. The minimum Gasteiger partial charge on any atom is -0.370 e. The van der Waals surface area contributed by atoms with Gasteiger partial charge in [0.2, 0.25) is 5.91 Å². The molecular weight excluding hydrogens is 248 g/mol. The van der Waals surface area contributed by atoms with Crippen molar-refractivity contribution in [1.82, 2.24) is 14.8 Å². The third kappa shape index (κ3) is 4.52.